The Morgan fingerprint density at radius 2 is 2.00 bits per heavy atom. The molecule has 1 aromatic heterocycles. The van der Waals surface area contributed by atoms with E-state index in [0.717, 1.165) is 32.3 Å². The van der Waals surface area contributed by atoms with Crippen LogP contribution in [0.4, 0.5) is 5.82 Å². The molecule has 2 rings (SSSR count). The zero-order valence-electron chi connectivity index (χ0n) is 15.2. The molecule has 0 aliphatic carbocycles. The van der Waals surface area contributed by atoms with Crippen molar-refractivity contribution in [3.8, 4) is 0 Å². The van der Waals surface area contributed by atoms with E-state index < -0.39 is 5.41 Å². The maximum atomic E-state index is 12.2. The topological polar surface area (TPSA) is 90.4 Å². The number of aromatic nitrogens is 2. The van der Waals surface area contributed by atoms with Crippen LogP contribution in [0.3, 0.4) is 0 Å². The molecule has 25 heavy (non-hydrogen) atoms. The van der Waals surface area contributed by atoms with Gasteiger partial charge in [-0.3, -0.25) is 9.59 Å². The fraction of sp³-hybridized carbons (Fsp3) is 0.667. The Kier molecular flexibility index (Phi) is 7.01. The van der Waals surface area contributed by atoms with Crippen LogP contribution in [0, 0.1) is 5.41 Å². The van der Waals surface area contributed by atoms with Crippen molar-refractivity contribution in [2.75, 3.05) is 25.1 Å². The van der Waals surface area contributed by atoms with Gasteiger partial charge in [-0.25, -0.2) is 9.97 Å². The highest BCUT2D eigenvalue weighted by molar-refractivity contribution is 5.96. The van der Waals surface area contributed by atoms with Crippen molar-refractivity contribution in [3.05, 3.63) is 18.1 Å². The van der Waals surface area contributed by atoms with Gasteiger partial charge in [0.2, 0.25) is 11.7 Å². The third-order valence-electron chi connectivity index (χ3n) is 3.96. The van der Waals surface area contributed by atoms with Crippen molar-refractivity contribution in [2.24, 2.45) is 5.41 Å². The molecule has 1 N–H and O–H groups in total. The Bertz CT molecular complexity index is 573. The number of carbonyl (C=O) groups excluding carboxylic acids is 2. The third kappa shape index (κ3) is 6.51. The lowest BCUT2D eigenvalue weighted by atomic mass is 9.96. The van der Waals surface area contributed by atoms with E-state index >= 15 is 0 Å². The van der Waals surface area contributed by atoms with E-state index in [1.807, 2.05) is 20.8 Å². The van der Waals surface area contributed by atoms with E-state index in [4.69, 9.17) is 9.47 Å². The zero-order chi connectivity index (χ0) is 18.3. The molecule has 1 amide bonds. The number of nitrogens with one attached hydrogen (secondary N) is 1. The second-order valence-electron chi connectivity index (χ2n) is 7.24. The highest BCUT2D eigenvalue weighted by atomic mass is 16.5. The molecule has 138 valence electrons. The summed E-state index contributed by atoms with van der Waals surface area (Å²) < 4.78 is 11.2. The fourth-order valence-electron chi connectivity index (χ4n) is 2.31. The van der Waals surface area contributed by atoms with E-state index in [-0.39, 0.29) is 30.1 Å². The fourth-order valence-corrected chi connectivity index (χ4v) is 2.31. The number of carbonyl (C=O) groups is 2. The van der Waals surface area contributed by atoms with Gasteiger partial charge in [0.05, 0.1) is 18.5 Å². The van der Waals surface area contributed by atoms with Crippen LogP contribution in [-0.2, 0) is 14.3 Å². The molecular weight excluding hydrogens is 322 g/mol. The summed E-state index contributed by atoms with van der Waals surface area (Å²) in [5.41, 5.74) is -0.290. The third-order valence-corrected chi connectivity index (χ3v) is 3.96. The lowest BCUT2D eigenvalue weighted by Crippen LogP contribution is -2.28. The Morgan fingerprint density at radius 3 is 2.68 bits per heavy atom. The van der Waals surface area contributed by atoms with Crippen molar-refractivity contribution in [2.45, 2.75) is 52.6 Å². The first kappa shape index (κ1) is 19.5. The smallest absolute Gasteiger partial charge is 0.230 e. The number of Topliss-reactive ketones (excluding diaryl/α,β-unsaturated/α-hetero) is 1. The minimum atomic E-state index is -0.523. The van der Waals surface area contributed by atoms with E-state index in [1.54, 1.807) is 0 Å². The Hall–Kier alpha value is -1.86. The molecular formula is C18H27N3O4. The number of ketones is 1. The molecule has 0 bridgehead atoms. The van der Waals surface area contributed by atoms with Crippen LogP contribution >= 0.6 is 0 Å². The Balaban J connectivity index is 1.84. The Labute approximate surface area is 148 Å². The summed E-state index contributed by atoms with van der Waals surface area (Å²) in [6.45, 7) is 6.88. The maximum absolute atomic E-state index is 12.2. The van der Waals surface area contributed by atoms with Crippen molar-refractivity contribution < 1.29 is 19.1 Å². The van der Waals surface area contributed by atoms with Crippen molar-refractivity contribution in [1.29, 1.82) is 0 Å². The largest absolute Gasteiger partial charge is 0.381 e. The summed E-state index contributed by atoms with van der Waals surface area (Å²) in [6, 6.07) is 0. The molecule has 7 heteroatoms. The van der Waals surface area contributed by atoms with Crippen LogP contribution < -0.4 is 5.32 Å². The van der Waals surface area contributed by atoms with Gasteiger partial charge in [-0.1, -0.05) is 20.8 Å². The van der Waals surface area contributed by atoms with Gasteiger partial charge in [-0.2, -0.15) is 0 Å². The first-order valence-electron chi connectivity index (χ1n) is 8.72. The molecule has 1 saturated heterocycles. The second kappa shape index (κ2) is 9.01. The number of nitrogens with zero attached hydrogens (tertiary/aromatic N) is 2. The SMILES string of the molecule is CC(C)(C)C(=O)Nc1cnc(C(=O)COC2CCCCOCC2)cn1. The standard InChI is InChI=1S/C18H27N3O4/c1-18(2,3)17(23)21-16-11-19-14(10-20-16)15(22)12-25-13-6-4-5-8-24-9-7-13/h10-11,13H,4-9,12H2,1-3H3,(H,20,21,23). The van der Waals surface area contributed by atoms with E-state index in [0.29, 0.717) is 12.4 Å². The van der Waals surface area contributed by atoms with Gasteiger partial charge in [-0.15, -0.1) is 0 Å². The van der Waals surface area contributed by atoms with Crippen LogP contribution in [0.2, 0.25) is 0 Å². The van der Waals surface area contributed by atoms with Crippen LogP contribution in [-0.4, -0.2) is 47.6 Å². The van der Waals surface area contributed by atoms with Crippen LogP contribution in [0.1, 0.15) is 56.9 Å². The first-order chi connectivity index (χ1) is 11.9. The molecule has 0 radical (unpaired) electrons. The van der Waals surface area contributed by atoms with Gasteiger partial charge in [0.25, 0.3) is 0 Å². The first-order valence-corrected chi connectivity index (χ1v) is 8.72. The van der Waals surface area contributed by atoms with Gasteiger partial charge in [-0.05, 0) is 25.7 Å². The average molecular weight is 349 g/mol. The zero-order valence-corrected chi connectivity index (χ0v) is 15.2. The summed E-state index contributed by atoms with van der Waals surface area (Å²) in [7, 11) is 0. The number of anilines is 1. The monoisotopic (exact) mass is 349 g/mol. The van der Waals surface area contributed by atoms with E-state index in [9.17, 15) is 9.59 Å². The van der Waals surface area contributed by atoms with Gasteiger partial charge >= 0.3 is 0 Å². The maximum Gasteiger partial charge on any atom is 0.230 e. The molecule has 0 saturated carbocycles. The predicted octanol–water partition coefficient (Wildman–Crippen LogP) is 2.62. The van der Waals surface area contributed by atoms with Gasteiger partial charge in [0.1, 0.15) is 12.3 Å². The molecule has 2 heterocycles. The van der Waals surface area contributed by atoms with Crippen LogP contribution in [0.15, 0.2) is 12.4 Å². The highest BCUT2D eigenvalue weighted by Gasteiger charge is 2.22. The quantitative estimate of drug-likeness (QED) is 0.822. The summed E-state index contributed by atoms with van der Waals surface area (Å²) in [6.07, 6.45) is 6.62. The van der Waals surface area contributed by atoms with Crippen molar-refractivity contribution >= 4 is 17.5 Å². The van der Waals surface area contributed by atoms with Crippen LogP contribution in [0.25, 0.3) is 0 Å². The van der Waals surface area contributed by atoms with Crippen LogP contribution in [0.5, 0.6) is 0 Å². The predicted molar refractivity (Wildman–Crippen MR) is 93.5 cm³/mol. The van der Waals surface area contributed by atoms with Gasteiger partial charge in [0.15, 0.2) is 5.82 Å². The molecule has 7 nitrogen and oxygen atoms in total. The molecule has 1 fully saturated rings. The van der Waals surface area contributed by atoms with E-state index in [1.165, 1.54) is 12.4 Å². The summed E-state index contributed by atoms with van der Waals surface area (Å²) in [5, 5.41) is 2.68. The van der Waals surface area contributed by atoms with Gasteiger partial charge in [0, 0.05) is 18.6 Å². The summed E-state index contributed by atoms with van der Waals surface area (Å²) in [5.74, 6) is -0.0468. The normalized spacial score (nSPS) is 18.9. The number of amides is 1. The molecule has 1 aromatic rings. The van der Waals surface area contributed by atoms with Crippen molar-refractivity contribution in [3.63, 3.8) is 0 Å². The molecule has 1 unspecified atom stereocenters. The lowest BCUT2D eigenvalue weighted by Gasteiger charge is -2.20. The molecule has 1 aliphatic heterocycles. The molecule has 0 aromatic carbocycles. The molecule has 0 spiro atoms. The molecule has 1 aliphatic rings. The highest BCUT2D eigenvalue weighted by Crippen LogP contribution is 2.16. The molecule has 1 atom stereocenters. The number of rotatable bonds is 5. The number of hydrogen-bond donors (Lipinski definition) is 1. The van der Waals surface area contributed by atoms with E-state index in [2.05, 4.69) is 15.3 Å². The summed E-state index contributed by atoms with van der Waals surface area (Å²) >= 11 is 0. The van der Waals surface area contributed by atoms with Gasteiger partial charge < -0.3 is 14.8 Å². The lowest BCUT2D eigenvalue weighted by molar-refractivity contribution is -0.123. The minimum Gasteiger partial charge on any atom is -0.381 e. The number of hydrogen-bond acceptors (Lipinski definition) is 6. The van der Waals surface area contributed by atoms with Crippen molar-refractivity contribution in [1.82, 2.24) is 9.97 Å². The second-order valence-corrected chi connectivity index (χ2v) is 7.24. The minimum absolute atomic E-state index is 0.0208. The average Bonchev–Trinajstić information content (AvgIpc) is 2.53. The summed E-state index contributed by atoms with van der Waals surface area (Å²) in [4.78, 5) is 32.3. The Morgan fingerprint density at radius 1 is 1.20 bits per heavy atom. The number of ether oxygens (including phenoxy) is 2.